The van der Waals surface area contributed by atoms with Crippen molar-refractivity contribution in [3.8, 4) is 0 Å². The molecule has 0 aromatic rings. The third kappa shape index (κ3) is 37.2. The third-order valence-corrected chi connectivity index (χ3v) is 583. The summed E-state index contributed by atoms with van der Waals surface area (Å²) in [6, 6.07) is 17.3. The summed E-state index contributed by atoms with van der Waals surface area (Å²) in [5, 5.41) is 5.50. The minimum Gasteiger partial charge on any atom is -0.196 e. The van der Waals surface area contributed by atoms with Gasteiger partial charge in [-0.15, -0.1) is 144 Å². The van der Waals surface area contributed by atoms with Crippen LogP contribution in [0.25, 0.3) is 0 Å². The van der Waals surface area contributed by atoms with Crippen molar-refractivity contribution in [3.05, 3.63) is 0 Å². The Balaban J connectivity index is -0.000000271. The number of rotatable bonds is 7. The van der Waals surface area contributed by atoms with Crippen LogP contribution in [-0.4, -0.2) is 290 Å². The van der Waals surface area contributed by atoms with Gasteiger partial charge < -0.3 is 0 Å². The second-order valence-corrected chi connectivity index (χ2v) is 380. The second-order valence-electron chi connectivity index (χ2n) is 34.5. The Bertz CT molecular complexity index is 2490. The zero-order chi connectivity index (χ0) is 85.6. The van der Waals surface area contributed by atoms with E-state index in [2.05, 4.69) is 181 Å². The van der Waals surface area contributed by atoms with Gasteiger partial charge in [0, 0.05) is 231 Å². The Morgan fingerprint density at radius 3 is 0.991 bits per heavy atom. The van der Waals surface area contributed by atoms with Crippen LogP contribution in [0.3, 0.4) is 0 Å². The number of halogens is 31. The van der Waals surface area contributed by atoms with Crippen LogP contribution >= 0.6 is 353 Å². The van der Waals surface area contributed by atoms with Crippen molar-refractivity contribution in [1.82, 2.24) is 0 Å². The molecule has 0 radical (unpaired) electrons. The first-order valence-electron chi connectivity index (χ1n) is 36.3. The molecule has 9 fully saturated rings. The van der Waals surface area contributed by atoms with Gasteiger partial charge in [-0.1, -0.05) is 202 Å². The molecule has 0 aromatic carbocycles. The van der Waals surface area contributed by atoms with E-state index >= 15 is 0 Å². The van der Waals surface area contributed by atoms with Crippen molar-refractivity contribution in [2.24, 2.45) is 0 Å². The maximum absolute atomic E-state index is 6.69. The van der Waals surface area contributed by atoms with E-state index in [1.165, 1.54) is 53.2 Å². The van der Waals surface area contributed by atoms with E-state index < -0.39 is 137 Å². The average molecular weight is 2790 g/mol. The second kappa shape index (κ2) is 56.4. The lowest BCUT2D eigenvalue weighted by molar-refractivity contribution is 1.26. The van der Waals surface area contributed by atoms with Crippen LogP contribution < -0.4 is 0 Å². The predicted octanol–water partition coefficient (Wildman–Crippen LogP) is 18.8. The summed E-state index contributed by atoms with van der Waals surface area (Å²) in [6.07, 6.45) is -2.55. The van der Waals surface area contributed by atoms with Crippen molar-refractivity contribution in [1.29, 1.82) is 0 Å². The molecule has 19 atom stereocenters. The van der Waals surface area contributed by atoms with Crippen LogP contribution in [0.5, 0.6) is 0 Å². The molecule has 0 bridgehead atoms. The van der Waals surface area contributed by atoms with Gasteiger partial charge in [0.1, 0.15) is 0 Å². The fourth-order valence-corrected chi connectivity index (χ4v) is 609. The molecule has 0 N–H and O–H groups in total. The Hall–Kier alpha value is 17.4. The molecule has 109 heavy (non-hydrogen) atoms. The zero-order valence-corrected chi connectivity index (χ0v) is 136. The topological polar surface area (TPSA) is 0 Å². The van der Waals surface area contributed by atoms with Gasteiger partial charge in [0.15, 0.2) is 40.4 Å². The maximum atomic E-state index is 6.69. The van der Waals surface area contributed by atoms with E-state index in [-0.39, 0.29) is 72.6 Å². The monoisotopic (exact) mass is 2770 g/mol. The zero-order valence-electron chi connectivity index (χ0n) is 66.0. The van der Waals surface area contributed by atoms with Crippen LogP contribution in [0, 0.1) is 0 Å². The Morgan fingerprint density at radius 1 is 0.459 bits per heavy atom. The molecule has 0 saturated carbocycles. The van der Waals surface area contributed by atoms with Gasteiger partial charge in [0.2, 0.25) is 11.9 Å². The fourth-order valence-electron chi connectivity index (χ4n) is 17.3. The molecule has 69 heteroatoms. The molecule has 9 aliphatic heterocycles. The molecule has 0 spiro atoms. The lowest BCUT2D eigenvalue weighted by Crippen LogP contribution is -2.72. The molecule has 0 amide bonds. The van der Waals surface area contributed by atoms with Crippen LogP contribution in [0.1, 0.15) is 22.3 Å². The highest BCUT2D eigenvalue weighted by atomic mass is 36.5. The van der Waals surface area contributed by atoms with Crippen LogP contribution in [0.15, 0.2) is 0 Å². The van der Waals surface area contributed by atoms with Crippen molar-refractivity contribution < 1.29 is 0 Å². The van der Waals surface area contributed by atoms with Crippen molar-refractivity contribution in [2.75, 3.05) is 6.26 Å². The minimum absolute atomic E-state index is 0. The summed E-state index contributed by atoms with van der Waals surface area (Å²) < 4.78 is 0. The van der Waals surface area contributed by atoms with Crippen LogP contribution in [0.2, 0.25) is 222 Å². The standard InChI is InChI=1S/C7H26Si6.C6H22Si5.C5H18SSi4.C4H10Cl6Si4.C4H10Cl4Si3.C4H16Si4.C3H9Cl5Si4.C2H6Cl6Si4.C2H6Cl4Si3.3CH4.3Cl2/c1-10-13(4)5-7(9)12(3,6-8)11(13)2;1-8-11(4)9-6(7)5-10(11,2)3;1-6-10(3)8-5(7)4-9(10)2;1-11(5)3-4-12(2,6)14(11,10)13(7,8)9;1-9(5)3-4-10(2,6)11(9,7)8;1-7-3-4(5)6-8(7)2;1-10(4)3-2-9-12(10,8)11(5,6)7;3-10(4)2-1-9-12(10,8)11(5,6)7;3-8(4)2-1-7-9(8,5)6;;;;3*1-2/h7,11H,5-6,10H2,1-4,8-9H3;6H,5,8-9H2,1-4,7H3;5,9H,4,8H2,1-3,7H3;3-4H2,1-2H3;3-4H2,1-2H3;4,7-8H,3,6H2,1-2,5H3;2-3,9H2,1H3;1-2,9H2;1-2,7H2;3*1H4;;;. The molecule has 0 aliphatic carbocycles. The maximum Gasteiger partial charge on any atom is 0.339 e. The van der Waals surface area contributed by atoms with Crippen molar-refractivity contribution >= 4 is 637 Å². The van der Waals surface area contributed by atoms with Gasteiger partial charge in [0.25, 0.3) is 23.9 Å². The summed E-state index contributed by atoms with van der Waals surface area (Å²) in [4.78, 5) is 0. The van der Waals surface area contributed by atoms with E-state index in [0.717, 1.165) is 48.4 Å². The molecule has 666 valence electrons. The summed E-state index contributed by atoms with van der Waals surface area (Å²) in [5.74, 6) is -6.89. The van der Waals surface area contributed by atoms with Crippen molar-refractivity contribution in [2.45, 2.75) is 245 Å². The highest BCUT2D eigenvalue weighted by molar-refractivity contribution is 8.40. The third-order valence-electron chi connectivity index (χ3n) is 26.4. The first-order valence-corrected chi connectivity index (χ1v) is 174. The molecule has 9 saturated heterocycles. The van der Waals surface area contributed by atoms with E-state index in [1.807, 2.05) is 19.1 Å². The van der Waals surface area contributed by atoms with Gasteiger partial charge in [-0.3, -0.25) is 0 Å². The summed E-state index contributed by atoms with van der Waals surface area (Å²) in [7, 11) is 32.0. The van der Waals surface area contributed by atoms with Crippen LogP contribution in [-0.2, 0) is 0 Å². The summed E-state index contributed by atoms with van der Waals surface area (Å²) in [6.45, 7) is 32.7. The molecule has 0 aromatic heterocycles. The van der Waals surface area contributed by atoms with E-state index in [0.29, 0.717) is 45.2 Å². The molecule has 9 rings (SSSR count). The Morgan fingerprint density at radius 2 is 0.844 bits per heavy atom. The van der Waals surface area contributed by atoms with E-state index in [9.17, 15) is 0 Å². The molecule has 9 heterocycles. The summed E-state index contributed by atoms with van der Waals surface area (Å²) in [5.41, 5.74) is -10.9. The first kappa shape index (κ1) is 137. The first-order chi connectivity index (χ1) is 47.1. The van der Waals surface area contributed by atoms with Gasteiger partial charge in [-0.05, 0) is 58.8 Å². The molecule has 0 nitrogen and oxygen atoms in total. The SMILES string of the molecule is C.C.C.CS[Si]1(C)[SiH2]C([SiH3])C[SiH]1C.C[SiH2][Si]1(C)CC([SiH3])[Si](C)(C[SiH3])[SiH]1C.C[SiH2][Si]1(C)[SiH2]C([SiH3])C[Si]1(C)C.C[SiH]1CC([SiH3])[SiH2][SiH]1C.C[Si]1(Cl)CC[SiH2][Si]1(Cl)[Si](Cl)(Cl)Cl.C[Si]1(Cl)CC[Si](C)(Cl)[Si]1(Cl)Cl.C[Si]1(Cl)CC[Si](C)(Cl)[Si]1(Cl)[Si](Cl)(Cl)Cl.ClCl.ClCl.ClCl.Cl[Si](Cl)(Cl)[Si]1(Cl)[SiH2]CC[Si]1(Cl)Cl.Cl[Si]1(Cl)CC[SiH2][Si]1(Cl)Cl. The molecular weight excluding hydrogens is 2650 g/mol. The number of hydrogen-bond donors (Lipinski definition) is 0. The normalized spacial score (nSPS) is 42.8. The van der Waals surface area contributed by atoms with E-state index in [1.54, 1.807) is 54.5 Å². The summed E-state index contributed by atoms with van der Waals surface area (Å²) >= 11 is 158. The van der Waals surface area contributed by atoms with Gasteiger partial charge in [-0.25, -0.2) is 0 Å². The van der Waals surface area contributed by atoms with Crippen molar-refractivity contribution in [3.63, 3.8) is 0 Å². The average Bonchev–Trinajstić information content (AvgIpc) is 1.58. The van der Waals surface area contributed by atoms with Gasteiger partial charge in [0.05, 0.1) is 15.3 Å². The molecule has 19 unspecified atom stereocenters. The lowest BCUT2D eigenvalue weighted by atomic mass is 10.9. The molecule has 9 aliphatic rings. The van der Waals surface area contributed by atoms with Gasteiger partial charge in [-0.2, -0.15) is 144 Å². The largest absolute Gasteiger partial charge is 0.339 e. The Labute approximate surface area is 872 Å². The van der Waals surface area contributed by atoms with E-state index in [4.69, 9.17) is 277 Å². The Kier molecular flexibility index (Phi) is 71.0. The lowest BCUT2D eigenvalue weighted by Gasteiger charge is -2.39. The quantitative estimate of drug-likeness (QED) is 0.181. The molecular formula is C40H135Cl31SSi37. The van der Waals surface area contributed by atoms with Crippen LogP contribution in [0.4, 0.5) is 0 Å². The predicted molar refractivity (Wildman–Crippen MR) is 664 cm³/mol. The minimum atomic E-state index is -2.94. The fraction of sp³-hybridized carbons (Fsp3) is 1.00. The highest BCUT2D eigenvalue weighted by Gasteiger charge is 2.78. The highest BCUT2D eigenvalue weighted by Crippen LogP contribution is 2.58. The smallest absolute Gasteiger partial charge is 0.196 e. The van der Waals surface area contributed by atoms with Gasteiger partial charge >= 0.3 is 16.6 Å². The number of hydrogen-bond acceptors (Lipinski definition) is 1.